The molecule has 58 heavy (non-hydrogen) atoms. The van der Waals surface area contributed by atoms with Crippen molar-refractivity contribution in [3.8, 4) is 78.3 Å². The molecule has 0 aliphatic heterocycles. The van der Waals surface area contributed by atoms with E-state index in [9.17, 15) is 0 Å². The Morgan fingerprint density at radius 1 is 0.293 bits per heavy atom. The average molecular weight is 736 g/mol. The minimum atomic E-state index is 0.837. The number of fused-ring (bicyclic) bond motifs is 7. The third-order valence-electron chi connectivity index (χ3n) is 11.8. The number of nitrogens with zero attached hydrogens (tertiary/aromatic N) is 3. The van der Waals surface area contributed by atoms with Crippen LogP contribution in [0.2, 0.25) is 0 Å². The molecular weight excluding hydrogens is 703 g/mol. The van der Waals surface area contributed by atoms with Crippen molar-refractivity contribution in [3.63, 3.8) is 0 Å². The van der Waals surface area contributed by atoms with Crippen molar-refractivity contribution in [2.45, 2.75) is 0 Å². The fraction of sp³-hybridized carbons (Fsp3) is 0. The number of hydrogen-bond acceptors (Lipinski definition) is 3. The smallest absolute Gasteiger partial charge is 0.0973 e. The van der Waals surface area contributed by atoms with Crippen LogP contribution in [0, 0.1) is 0 Å². The monoisotopic (exact) mass is 735 g/mol. The Bertz CT molecular complexity index is 3340. The summed E-state index contributed by atoms with van der Waals surface area (Å²) in [5.74, 6) is 0. The van der Waals surface area contributed by atoms with Crippen molar-refractivity contribution in [1.29, 1.82) is 0 Å². The van der Waals surface area contributed by atoms with Crippen LogP contribution in [0.4, 0.5) is 0 Å². The Morgan fingerprint density at radius 2 is 0.810 bits per heavy atom. The molecule has 11 aromatic rings. The summed E-state index contributed by atoms with van der Waals surface area (Å²) >= 11 is 0. The average Bonchev–Trinajstić information content (AvgIpc) is 3.63. The zero-order chi connectivity index (χ0) is 38.2. The first-order chi connectivity index (χ1) is 28.8. The molecule has 3 heteroatoms. The highest BCUT2D eigenvalue weighted by molar-refractivity contribution is 6.28. The first-order valence-corrected chi connectivity index (χ1v) is 19.8. The quantitative estimate of drug-likeness (QED) is 0.165. The highest BCUT2D eigenvalue weighted by Gasteiger charge is 2.31. The molecule has 0 unspecified atom stereocenters. The highest BCUT2D eigenvalue weighted by Crippen LogP contribution is 2.58. The molecule has 1 aliphatic carbocycles. The van der Waals surface area contributed by atoms with Crippen LogP contribution in [-0.2, 0) is 0 Å². The van der Waals surface area contributed by atoms with Crippen molar-refractivity contribution in [2.24, 2.45) is 0 Å². The fourth-order valence-corrected chi connectivity index (χ4v) is 9.29. The molecule has 0 spiro atoms. The van der Waals surface area contributed by atoms with Crippen LogP contribution in [0.25, 0.3) is 122 Å². The van der Waals surface area contributed by atoms with Gasteiger partial charge in [0.2, 0.25) is 0 Å². The molecule has 1 aliphatic rings. The summed E-state index contributed by atoms with van der Waals surface area (Å²) in [7, 11) is 0. The lowest BCUT2D eigenvalue weighted by Crippen LogP contribution is -1.93. The van der Waals surface area contributed by atoms with Gasteiger partial charge in [0, 0.05) is 22.5 Å². The van der Waals surface area contributed by atoms with Crippen molar-refractivity contribution < 1.29 is 0 Å². The Labute approximate surface area is 335 Å². The number of benzene rings is 8. The van der Waals surface area contributed by atoms with Gasteiger partial charge in [-0.1, -0.05) is 164 Å². The second-order valence-electron chi connectivity index (χ2n) is 15.1. The lowest BCUT2D eigenvalue weighted by Gasteiger charge is -2.20. The molecule has 3 aromatic heterocycles. The molecular formula is C55H33N3. The van der Waals surface area contributed by atoms with E-state index in [1.807, 2.05) is 24.3 Å². The second-order valence-corrected chi connectivity index (χ2v) is 15.1. The minimum Gasteiger partial charge on any atom is -0.255 e. The zero-order valence-electron chi connectivity index (χ0n) is 31.4. The van der Waals surface area contributed by atoms with Crippen molar-refractivity contribution in [2.75, 3.05) is 0 Å². The van der Waals surface area contributed by atoms with Crippen LogP contribution in [-0.4, -0.2) is 15.0 Å². The van der Waals surface area contributed by atoms with Crippen LogP contribution in [0.15, 0.2) is 200 Å². The summed E-state index contributed by atoms with van der Waals surface area (Å²) in [6, 6.07) is 69.7. The fourth-order valence-electron chi connectivity index (χ4n) is 9.29. The van der Waals surface area contributed by atoms with E-state index in [1.54, 1.807) is 6.20 Å². The molecule has 8 aromatic carbocycles. The maximum absolute atomic E-state index is 5.29. The van der Waals surface area contributed by atoms with E-state index in [1.165, 1.54) is 71.6 Å². The van der Waals surface area contributed by atoms with Gasteiger partial charge in [-0.3, -0.25) is 4.98 Å². The topological polar surface area (TPSA) is 38.7 Å². The molecule has 0 radical (unpaired) electrons. The molecule has 0 saturated heterocycles. The molecule has 0 fully saturated rings. The third kappa shape index (κ3) is 4.97. The predicted molar refractivity (Wildman–Crippen MR) is 241 cm³/mol. The van der Waals surface area contributed by atoms with Crippen molar-refractivity contribution >= 4 is 43.4 Å². The van der Waals surface area contributed by atoms with Crippen LogP contribution in [0.3, 0.4) is 0 Å². The van der Waals surface area contributed by atoms with Gasteiger partial charge in [0.15, 0.2) is 0 Å². The highest BCUT2D eigenvalue weighted by atomic mass is 14.8. The Kier molecular flexibility index (Phi) is 7.23. The summed E-state index contributed by atoms with van der Waals surface area (Å²) in [5, 5.41) is 7.19. The summed E-state index contributed by atoms with van der Waals surface area (Å²) in [5.41, 5.74) is 18.0. The largest absolute Gasteiger partial charge is 0.255 e. The number of pyridine rings is 3. The van der Waals surface area contributed by atoms with Crippen LogP contribution < -0.4 is 0 Å². The number of hydrogen-bond donors (Lipinski definition) is 0. The van der Waals surface area contributed by atoms with E-state index in [0.29, 0.717) is 0 Å². The third-order valence-corrected chi connectivity index (χ3v) is 11.8. The van der Waals surface area contributed by atoms with Gasteiger partial charge in [0.05, 0.1) is 28.1 Å². The van der Waals surface area contributed by atoms with Gasteiger partial charge in [0.1, 0.15) is 0 Å². The van der Waals surface area contributed by atoms with Gasteiger partial charge < -0.3 is 0 Å². The minimum absolute atomic E-state index is 0.837. The lowest BCUT2D eigenvalue weighted by molar-refractivity contribution is 1.27. The molecule has 0 atom stereocenters. The molecule has 3 nitrogen and oxygen atoms in total. The van der Waals surface area contributed by atoms with Crippen LogP contribution in [0.5, 0.6) is 0 Å². The second kappa shape index (κ2) is 12.9. The van der Waals surface area contributed by atoms with E-state index in [2.05, 4.69) is 175 Å². The maximum Gasteiger partial charge on any atom is 0.0973 e. The summed E-state index contributed by atoms with van der Waals surface area (Å²) < 4.78 is 0. The molecule has 0 saturated carbocycles. The Balaban J connectivity index is 1.05. The van der Waals surface area contributed by atoms with E-state index < -0.39 is 0 Å². The lowest BCUT2D eigenvalue weighted by atomic mass is 9.82. The van der Waals surface area contributed by atoms with Gasteiger partial charge >= 0.3 is 0 Å². The van der Waals surface area contributed by atoms with Crippen LogP contribution in [0.1, 0.15) is 0 Å². The number of rotatable bonds is 5. The zero-order valence-corrected chi connectivity index (χ0v) is 31.4. The Hall–Kier alpha value is -7.75. The van der Waals surface area contributed by atoms with Gasteiger partial charge in [0.25, 0.3) is 0 Å². The van der Waals surface area contributed by atoms with E-state index in [-0.39, 0.29) is 0 Å². The van der Waals surface area contributed by atoms with E-state index >= 15 is 0 Å². The first-order valence-electron chi connectivity index (χ1n) is 19.8. The summed E-state index contributed by atoms with van der Waals surface area (Å²) in [4.78, 5) is 14.9. The normalized spacial score (nSPS) is 11.8. The van der Waals surface area contributed by atoms with E-state index in [0.717, 1.165) is 50.0 Å². The molecule has 12 rings (SSSR count). The van der Waals surface area contributed by atoms with Gasteiger partial charge in [-0.05, 0) is 108 Å². The SMILES string of the molecule is c1ccc(-c2c3c(c(-c4ccccc4)c4ccccc24)-c2ccc(-c4cccc(-c5ccc6ccc7ccc(-c8ccccn8)nc7c6n5)c4)c4cccc-3c24)cc1. The summed E-state index contributed by atoms with van der Waals surface area (Å²) in [6.45, 7) is 0. The predicted octanol–water partition coefficient (Wildman–Crippen LogP) is 14.5. The standard InChI is InChI=1S/C55H33N3/c1-3-13-34(14-4-1)49-42-19-7-8-20-43(42)50(35-15-5-2-6-16-35)53-45-29-28-40(41-21-12-22-44(51(41)45)52(49)53)38-17-11-18-39(33-38)46-30-26-36-24-25-37-27-31-48(47-23-9-10-32-56-47)58-55(37)54(36)57-46/h1-33H. The van der Waals surface area contributed by atoms with Gasteiger partial charge in [-0.2, -0.15) is 0 Å². The molecule has 268 valence electrons. The van der Waals surface area contributed by atoms with Crippen molar-refractivity contribution in [1.82, 2.24) is 15.0 Å². The number of aromatic nitrogens is 3. The Morgan fingerprint density at radius 3 is 1.48 bits per heavy atom. The maximum atomic E-state index is 5.29. The van der Waals surface area contributed by atoms with Gasteiger partial charge in [-0.15, -0.1) is 0 Å². The molecule has 0 bridgehead atoms. The van der Waals surface area contributed by atoms with Crippen LogP contribution >= 0.6 is 0 Å². The van der Waals surface area contributed by atoms with Gasteiger partial charge in [-0.25, -0.2) is 9.97 Å². The summed E-state index contributed by atoms with van der Waals surface area (Å²) in [6.07, 6.45) is 1.81. The molecule has 3 heterocycles. The molecule has 0 amide bonds. The first kappa shape index (κ1) is 32.5. The van der Waals surface area contributed by atoms with E-state index in [4.69, 9.17) is 9.97 Å². The molecule has 0 N–H and O–H groups in total. The van der Waals surface area contributed by atoms with Crippen molar-refractivity contribution in [3.05, 3.63) is 200 Å².